The lowest BCUT2D eigenvalue weighted by molar-refractivity contribution is 0.493. The first-order chi connectivity index (χ1) is 7.17. The van der Waals surface area contributed by atoms with Gasteiger partial charge in [-0.2, -0.15) is 0 Å². The molecule has 84 valence electrons. The minimum atomic E-state index is 0.413. The number of rotatable bonds is 5. The first kappa shape index (κ1) is 11.8. The zero-order chi connectivity index (χ0) is 11.3. The summed E-state index contributed by atoms with van der Waals surface area (Å²) in [5, 5.41) is 3.36. The van der Waals surface area contributed by atoms with Crippen LogP contribution in [0.15, 0.2) is 18.2 Å². The van der Waals surface area contributed by atoms with E-state index in [1.807, 2.05) is 18.2 Å². The maximum Gasteiger partial charge on any atom is 0.142 e. The highest BCUT2D eigenvalue weighted by atomic mass is 15.3. The van der Waals surface area contributed by atoms with E-state index in [9.17, 15) is 0 Å². The summed E-state index contributed by atoms with van der Waals surface area (Å²) in [5.74, 6) is 7.46. The average molecular weight is 208 g/mol. The number of anilines is 2. The van der Waals surface area contributed by atoms with Crippen molar-refractivity contribution in [3.8, 4) is 0 Å². The van der Waals surface area contributed by atoms with Crippen molar-refractivity contribution in [2.75, 3.05) is 10.7 Å². The van der Waals surface area contributed by atoms with Crippen molar-refractivity contribution < 1.29 is 0 Å². The fourth-order valence-electron chi connectivity index (χ4n) is 1.32. The summed E-state index contributed by atoms with van der Waals surface area (Å²) in [4.78, 5) is 4.30. The van der Waals surface area contributed by atoms with Crippen LogP contribution in [0.5, 0.6) is 0 Å². The molecule has 0 aromatic carbocycles. The number of hydrogen-bond donors (Lipinski definition) is 3. The standard InChI is InChI=1S/C11H20N4/c1-4-8(2)9(3)13-10-6-5-7-11(14-10)15-12/h5-9H,4,12H2,1-3H3,(H2,13,14,15). The Kier molecular flexibility index (Phi) is 4.37. The van der Waals surface area contributed by atoms with Gasteiger partial charge in [0.05, 0.1) is 0 Å². The normalized spacial score (nSPS) is 14.4. The van der Waals surface area contributed by atoms with E-state index in [0.29, 0.717) is 17.8 Å². The second kappa shape index (κ2) is 5.56. The predicted octanol–water partition coefficient (Wildman–Crippen LogP) is 2.21. The van der Waals surface area contributed by atoms with Gasteiger partial charge >= 0.3 is 0 Å². The Balaban J connectivity index is 2.63. The molecule has 0 radical (unpaired) electrons. The van der Waals surface area contributed by atoms with E-state index in [-0.39, 0.29) is 0 Å². The van der Waals surface area contributed by atoms with Gasteiger partial charge in [-0.3, -0.25) is 0 Å². The summed E-state index contributed by atoms with van der Waals surface area (Å²) in [5.41, 5.74) is 2.53. The van der Waals surface area contributed by atoms with Gasteiger partial charge < -0.3 is 10.7 Å². The largest absolute Gasteiger partial charge is 0.367 e. The molecule has 15 heavy (non-hydrogen) atoms. The fraction of sp³-hybridized carbons (Fsp3) is 0.545. The molecule has 0 spiro atoms. The van der Waals surface area contributed by atoms with Crippen LogP contribution < -0.4 is 16.6 Å². The molecule has 4 nitrogen and oxygen atoms in total. The highest BCUT2D eigenvalue weighted by Crippen LogP contribution is 2.14. The van der Waals surface area contributed by atoms with Crippen molar-refractivity contribution in [3.63, 3.8) is 0 Å². The number of nitrogen functional groups attached to an aromatic ring is 1. The summed E-state index contributed by atoms with van der Waals surface area (Å²) in [6, 6.07) is 6.11. The van der Waals surface area contributed by atoms with Gasteiger partial charge in [-0.25, -0.2) is 10.8 Å². The molecule has 1 rings (SSSR count). The molecule has 2 atom stereocenters. The van der Waals surface area contributed by atoms with Crippen LogP contribution in [0.4, 0.5) is 11.6 Å². The van der Waals surface area contributed by atoms with Crippen LogP contribution in [-0.4, -0.2) is 11.0 Å². The van der Waals surface area contributed by atoms with Gasteiger partial charge in [-0.1, -0.05) is 26.3 Å². The number of nitrogens with one attached hydrogen (secondary N) is 2. The van der Waals surface area contributed by atoms with Crippen molar-refractivity contribution in [1.82, 2.24) is 4.98 Å². The molecule has 0 aliphatic carbocycles. The molecule has 0 aliphatic heterocycles. The minimum absolute atomic E-state index is 0.413. The zero-order valence-corrected chi connectivity index (χ0v) is 9.62. The monoisotopic (exact) mass is 208 g/mol. The van der Waals surface area contributed by atoms with E-state index < -0.39 is 0 Å². The lowest BCUT2D eigenvalue weighted by Crippen LogP contribution is -2.24. The van der Waals surface area contributed by atoms with Gasteiger partial charge in [0, 0.05) is 6.04 Å². The molecule has 1 aromatic rings. The molecule has 0 aliphatic rings. The molecular weight excluding hydrogens is 188 g/mol. The number of hydrogen-bond acceptors (Lipinski definition) is 4. The Bertz CT molecular complexity index is 300. The second-order valence-electron chi connectivity index (χ2n) is 3.87. The molecule has 0 fully saturated rings. The molecule has 1 aromatic heterocycles. The van der Waals surface area contributed by atoms with E-state index in [2.05, 4.69) is 36.5 Å². The lowest BCUT2D eigenvalue weighted by Gasteiger charge is -2.20. The average Bonchev–Trinajstić information content (AvgIpc) is 2.28. The third-order valence-corrected chi connectivity index (χ3v) is 2.77. The van der Waals surface area contributed by atoms with Gasteiger partial charge in [0.25, 0.3) is 0 Å². The Morgan fingerprint density at radius 2 is 2.00 bits per heavy atom. The van der Waals surface area contributed by atoms with Crippen LogP contribution >= 0.6 is 0 Å². The second-order valence-corrected chi connectivity index (χ2v) is 3.87. The van der Waals surface area contributed by atoms with Crippen LogP contribution in [0.2, 0.25) is 0 Å². The maximum atomic E-state index is 5.30. The van der Waals surface area contributed by atoms with Crippen molar-refractivity contribution in [3.05, 3.63) is 18.2 Å². The van der Waals surface area contributed by atoms with Crippen LogP contribution in [0.3, 0.4) is 0 Å². The summed E-state index contributed by atoms with van der Waals surface area (Å²) >= 11 is 0. The van der Waals surface area contributed by atoms with E-state index >= 15 is 0 Å². The Hall–Kier alpha value is -1.29. The minimum Gasteiger partial charge on any atom is -0.367 e. The van der Waals surface area contributed by atoms with E-state index in [1.165, 1.54) is 0 Å². The summed E-state index contributed by atoms with van der Waals surface area (Å²) in [6.07, 6.45) is 1.16. The molecule has 0 bridgehead atoms. The molecule has 4 N–H and O–H groups in total. The van der Waals surface area contributed by atoms with Gasteiger partial charge in [-0.05, 0) is 25.0 Å². The number of nitrogens with two attached hydrogens (primary N) is 1. The lowest BCUT2D eigenvalue weighted by atomic mass is 10.0. The third-order valence-electron chi connectivity index (χ3n) is 2.77. The molecule has 0 saturated heterocycles. The molecule has 0 saturated carbocycles. The highest BCUT2D eigenvalue weighted by Gasteiger charge is 2.10. The van der Waals surface area contributed by atoms with Crippen LogP contribution in [0.1, 0.15) is 27.2 Å². The smallest absolute Gasteiger partial charge is 0.142 e. The van der Waals surface area contributed by atoms with Crippen molar-refractivity contribution in [1.29, 1.82) is 0 Å². The maximum absolute atomic E-state index is 5.30. The van der Waals surface area contributed by atoms with E-state index in [1.54, 1.807) is 0 Å². The molecule has 4 heteroatoms. The number of aromatic nitrogens is 1. The van der Waals surface area contributed by atoms with Crippen molar-refractivity contribution in [2.24, 2.45) is 11.8 Å². The predicted molar refractivity (Wildman–Crippen MR) is 64.6 cm³/mol. The first-order valence-corrected chi connectivity index (χ1v) is 5.37. The van der Waals surface area contributed by atoms with Crippen LogP contribution in [0.25, 0.3) is 0 Å². The SMILES string of the molecule is CCC(C)C(C)Nc1cccc(NN)n1. The van der Waals surface area contributed by atoms with Crippen molar-refractivity contribution >= 4 is 11.6 Å². The van der Waals surface area contributed by atoms with E-state index in [4.69, 9.17) is 5.84 Å². The zero-order valence-electron chi connectivity index (χ0n) is 9.62. The summed E-state index contributed by atoms with van der Waals surface area (Å²) in [7, 11) is 0. The molecule has 2 unspecified atom stereocenters. The number of hydrazine groups is 1. The Labute approximate surface area is 91.3 Å². The molecule has 0 amide bonds. The Morgan fingerprint density at radius 3 is 2.60 bits per heavy atom. The summed E-state index contributed by atoms with van der Waals surface area (Å²) < 4.78 is 0. The van der Waals surface area contributed by atoms with E-state index in [0.717, 1.165) is 12.2 Å². The van der Waals surface area contributed by atoms with Gasteiger partial charge in [0.1, 0.15) is 11.6 Å². The third kappa shape index (κ3) is 3.40. The highest BCUT2D eigenvalue weighted by molar-refractivity contribution is 5.44. The van der Waals surface area contributed by atoms with Gasteiger partial charge in [0.2, 0.25) is 0 Å². The van der Waals surface area contributed by atoms with Crippen molar-refractivity contribution in [2.45, 2.75) is 33.2 Å². The Morgan fingerprint density at radius 1 is 1.33 bits per heavy atom. The quantitative estimate of drug-likeness (QED) is 0.513. The topological polar surface area (TPSA) is 63.0 Å². The van der Waals surface area contributed by atoms with Gasteiger partial charge in [0.15, 0.2) is 0 Å². The van der Waals surface area contributed by atoms with Crippen LogP contribution in [0, 0.1) is 5.92 Å². The summed E-state index contributed by atoms with van der Waals surface area (Å²) in [6.45, 7) is 6.58. The molecule has 1 heterocycles. The van der Waals surface area contributed by atoms with Gasteiger partial charge in [-0.15, -0.1) is 0 Å². The fourth-order valence-corrected chi connectivity index (χ4v) is 1.32. The molecular formula is C11H20N4. The van der Waals surface area contributed by atoms with Crippen LogP contribution in [-0.2, 0) is 0 Å². The first-order valence-electron chi connectivity index (χ1n) is 5.37. The number of nitrogens with zero attached hydrogens (tertiary/aromatic N) is 1. The number of pyridine rings is 1.